The first-order chi connectivity index (χ1) is 9.92. The fraction of sp³-hybridized carbons (Fsp3) is 0.571. The van der Waals surface area contributed by atoms with Crippen LogP contribution in [0.4, 0.5) is 0 Å². The average Bonchev–Trinajstić information content (AvgIpc) is 2.95. The number of halogens is 1. The quantitative estimate of drug-likeness (QED) is 0.797. The molecular formula is C14H20BrNO4S. The molecule has 2 N–H and O–H groups in total. The molecule has 118 valence electrons. The van der Waals surface area contributed by atoms with Crippen LogP contribution in [-0.4, -0.2) is 33.8 Å². The summed E-state index contributed by atoms with van der Waals surface area (Å²) in [6.45, 7) is 0.257. The van der Waals surface area contributed by atoms with Gasteiger partial charge in [0, 0.05) is 23.0 Å². The Morgan fingerprint density at radius 3 is 2.62 bits per heavy atom. The Kier molecular flexibility index (Phi) is 5.29. The zero-order valence-electron chi connectivity index (χ0n) is 11.9. The number of ether oxygens (including phenoxy) is 1. The summed E-state index contributed by atoms with van der Waals surface area (Å²) in [6.07, 6.45) is 3.76. The summed E-state index contributed by atoms with van der Waals surface area (Å²) in [5, 5.41) is 9.56. The Hall–Kier alpha value is -0.630. The molecule has 0 bridgehead atoms. The largest absolute Gasteiger partial charge is 0.495 e. The third-order valence-corrected chi connectivity index (χ3v) is 5.97. The van der Waals surface area contributed by atoms with Gasteiger partial charge in [-0.3, -0.25) is 0 Å². The van der Waals surface area contributed by atoms with E-state index in [2.05, 4.69) is 20.7 Å². The van der Waals surface area contributed by atoms with Gasteiger partial charge in [0.05, 0.1) is 7.11 Å². The van der Waals surface area contributed by atoms with Gasteiger partial charge in [-0.25, -0.2) is 13.1 Å². The summed E-state index contributed by atoms with van der Waals surface area (Å²) in [6, 6.07) is 4.85. The lowest BCUT2D eigenvalue weighted by molar-refractivity contribution is 0.134. The van der Waals surface area contributed by atoms with Crippen LogP contribution in [0.15, 0.2) is 27.6 Å². The molecule has 1 fully saturated rings. The second-order valence-electron chi connectivity index (χ2n) is 5.48. The predicted octanol–water partition coefficient (Wildman–Crippen LogP) is 2.29. The number of aliphatic hydroxyl groups is 1. The molecule has 0 aliphatic heterocycles. The molecule has 0 aromatic heterocycles. The van der Waals surface area contributed by atoms with Gasteiger partial charge in [0.15, 0.2) is 0 Å². The van der Waals surface area contributed by atoms with Crippen molar-refractivity contribution in [3.63, 3.8) is 0 Å². The summed E-state index contributed by atoms with van der Waals surface area (Å²) >= 11 is 3.27. The van der Waals surface area contributed by atoms with Gasteiger partial charge in [0.25, 0.3) is 0 Å². The third kappa shape index (κ3) is 3.77. The molecule has 0 unspecified atom stereocenters. The lowest BCUT2D eigenvalue weighted by atomic mass is 9.88. The molecular weight excluding hydrogens is 358 g/mol. The Morgan fingerprint density at radius 2 is 2.05 bits per heavy atom. The Morgan fingerprint density at radius 1 is 1.38 bits per heavy atom. The van der Waals surface area contributed by atoms with Crippen LogP contribution in [-0.2, 0) is 10.0 Å². The maximum atomic E-state index is 12.5. The molecule has 1 aliphatic carbocycles. The number of methoxy groups -OCH3 is 1. The third-order valence-electron chi connectivity index (χ3n) is 4.05. The van der Waals surface area contributed by atoms with Gasteiger partial charge < -0.3 is 9.84 Å². The Bertz CT molecular complexity index is 597. The van der Waals surface area contributed by atoms with E-state index in [9.17, 15) is 13.5 Å². The van der Waals surface area contributed by atoms with E-state index in [0.717, 1.165) is 25.7 Å². The fourth-order valence-corrected chi connectivity index (χ4v) is 4.56. The predicted molar refractivity (Wildman–Crippen MR) is 83.9 cm³/mol. The van der Waals surface area contributed by atoms with Crippen LogP contribution in [0.1, 0.15) is 25.7 Å². The van der Waals surface area contributed by atoms with Crippen molar-refractivity contribution >= 4 is 26.0 Å². The maximum Gasteiger partial charge on any atom is 0.244 e. The van der Waals surface area contributed by atoms with Gasteiger partial charge in [-0.05, 0) is 31.0 Å². The number of rotatable bonds is 6. The highest BCUT2D eigenvalue weighted by Crippen LogP contribution is 2.37. The van der Waals surface area contributed by atoms with Gasteiger partial charge in [0.1, 0.15) is 10.6 Å². The van der Waals surface area contributed by atoms with Crippen LogP contribution in [0.3, 0.4) is 0 Å². The molecule has 1 aliphatic rings. The fourth-order valence-electron chi connectivity index (χ4n) is 2.70. The van der Waals surface area contributed by atoms with Crippen molar-refractivity contribution in [1.82, 2.24) is 4.72 Å². The van der Waals surface area contributed by atoms with E-state index in [1.54, 1.807) is 12.1 Å². The minimum atomic E-state index is -3.68. The van der Waals surface area contributed by atoms with Crippen LogP contribution in [0.2, 0.25) is 0 Å². The van der Waals surface area contributed by atoms with Gasteiger partial charge in [-0.2, -0.15) is 0 Å². The molecule has 1 aromatic carbocycles. The molecule has 0 heterocycles. The average molecular weight is 378 g/mol. The zero-order valence-corrected chi connectivity index (χ0v) is 14.3. The van der Waals surface area contributed by atoms with E-state index in [1.807, 2.05) is 0 Å². The second kappa shape index (κ2) is 6.64. The number of sulfonamides is 1. The van der Waals surface area contributed by atoms with Crippen LogP contribution >= 0.6 is 15.9 Å². The monoisotopic (exact) mass is 377 g/mol. The van der Waals surface area contributed by atoms with Crippen molar-refractivity contribution in [2.24, 2.45) is 5.41 Å². The number of aliphatic hydroxyl groups excluding tert-OH is 1. The molecule has 7 heteroatoms. The minimum Gasteiger partial charge on any atom is -0.495 e. The topological polar surface area (TPSA) is 75.6 Å². The molecule has 5 nitrogen and oxygen atoms in total. The van der Waals surface area contributed by atoms with Crippen molar-refractivity contribution in [2.45, 2.75) is 30.6 Å². The first-order valence-corrected chi connectivity index (χ1v) is 9.14. The lowest BCUT2D eigenvalue weighted by Gasteiger charge is -2.26. The first kappa shape index (κ1) is 16.7. The molecule has 2 rings (SSSR count). The lowest BCUT2D eigenvalue weighted by Crippen LogP contribution is -2.38. The molecule has 0 spiro atoms. The maximum absolute atomic E-state index is 12.5. The molecule has 0 atom stereocenters. The van der Waals surface area contributed by atoms with Crippen LogP contribution in [0.25, 0.3) is 0 Å². The summed E-state index contributed by atoms with van der Waals surface area (Å²) in [4.78, 5) is 0.102. The number of nitrogens with one attached hydrogen (secondary N) is 1. The standard InChI is InChI=1S/C14H20BrNO4S/c1-20-12-5-4-11(15)8-13(12)21(18,19)16-9-14(10-17)6-2-3-7-14/h4-5,8,16-17H,2-3,6-7,9-10H2,1H3. The van der Waals surface area contributed by atoms with Gasteiger partial charge in [-0.1, -0.05) is 28.8 Å². The number of hydrogen-bond donors (Lipinski definition) is 2. The van der Waals surface area contributed by atoms with Crippen molar-refractivity contribution in [2.75, 3.05) is 20.3 Å². The SMILES string of the molecule is COc1ccc(Br)cc1S(=O)(=O)NCC1(CO)CCCC1. The highest BCUT2D eigenvalue weighted by Gasteiger charge is 2.35. The summed E-state index contributed by atoms with van der Waals surface area (Å²) in [7, 11) is -2.24. The molecule has 0 radical (unpaired) electrons. The van der Waals surface area contributed by atoms with Crippen molar-refractivity contribution in [3.8, 4) is 5.75 Å². The van der Waals surface area contributed by atoms with E-state index in [0.29, 0.717) is 10.2 Å². The molecule has 1 saturated carbocycles. The van der Waals surface area contributed by atoms with E-state index in [-0.39, 0.29) is 23.5 Å². The first-order valence-electron chi connectivity index (χ1n) is 6.86. The highest BCUT2D eigenvalue weighted by molar-refractivity contribution is 9.10. The van der Waals surface area contributed by atoms with E-state index in [4.69, 9.17) is 4.74 Å². The van der Waals surface area contributed by atoms with E-state index >= 15 is 0 Å². The number of hydrogen-bond acceptors (Lipinski definition) is 4. The normalized spacial score (nSPS) is 17.9. The summed E-state index contributed by atoms with van der Waals surface area (Å²) in [5.74, 6) is 0.301. The van der Waals surface area contributed by atoms with Gasteiger partial charge >= 0.3 is 0 Å². The smallest absolute Gasteiger partial charge is 0.244 e. The van der Waals surface area contributed by atoms with Crippen LogP contribution in [0.5, 0.6) is 5.75 Å². The Labute approximate surface area is 133 Å². The number of benzene rings is 1. The molecule has 21 heavy (non-hydrogen) atoms. The van der Waals surface area contributed by atoms with E-state index < -0.39 is 10.0 Å². The van der Waals surface area contributed by atoms with Crippen molar-refractivity contribution in [1.29, 1.82) is 0 Å². The van der Waals surface area contributed by atoms with Crippen molar-refractivity contribution < 1.29 is 18.3 Å². The minimum absolute atomic E-state index is 0.00510. The second-order valence-corrected chi connectivity index (χ2v) is 8.14. The summed E-state index contributed by atoms with van der Waals surface area (Å²) in [5.41, 5.74) is -0.327. The van der Waals surface area contributed by atoms with E-state index in [1.165, 1.54) is 13.2 Å². The van der Waals surface area contributed by atoms with Crippen molar-refractivity contribution in [3.05, 3.63) is 22.7 Å². The molecule has 1 aromatic rings. The van der Waals surface area contributed by atoms with Crippen LogP contribution < -0.4 is 9.46 Å². The summed E-state index contributed by atoms with van der Waals surface area (Å²) < 4.78 is 33.4. The highest BCUT2D eigenvalue weighted by atomic mass is 79.9. The van der Waals surface area contributed by atoms with Crippen LogP contribution in [0, 0.1) is 5.41 Å². The Balaban J connectivity index is 2.20. The molecule has 0 amide bonds. The van der Waals surface area contributed by atoms with Gasteiger partial charge in [0.2, 0.25) is 10.0 Å². The molecule has 0 saturated heterocycles. The zero-order chi connectivity index (χ0) is 15.5. The van der Waals surface area contributed by atoms with Gasteiger partial charge in [-0.15, -0.1) is 0 Å².